The summed E-state index contributed by atoms with van der Waals surface area (Å²) in [5.74, 6) is 0. The number of hydrogen-bond acceptors (Lipinski definition) is 2. The third kappa shape index (κ3) is 5.88. The molecule has 2 N–H and O–H groups in total. The van der Waals surface area contributed by atoms with E-state index in [1.165, 1.54) is 17.2 Å². The Bertz CT molecular complexity index is 732. The number of alkyl halides is 3. The summed E-state index contributed by atoms with van der Waals surface area (Å²) in [4.78, 5) is 0. The normalized spacial score (nSPS) is 11.4. The number of rotatable bonds is 7. The van der Waals surface area contributed by atoms with Crippen LogP contribution in [0.1, 0.15) is 23.4 Å². The van der Waals surface area contributed by atoms with Crippen LogP contribution in [0.15, 0.2) is 30.3 Å². The second-order valence-electron chi connectivity index (χ2n) is 5.74. The summed E-state index contributed by atoms with van der Waals surface area (Å²) in [5, 5.41) is 9.88. The molecular formula is C17H20ClF3N4S. The van der Waals surface area contributed by atoms with Crippen LogP contribution in [0.2, 0.25) is 5.02 Å². The lowest BCUT2D eigenvalue weighted by molar-refractivity contribution is -0.141. The molecule has 0 unspecified atom stereocenters. The van der Waals surface area contributed by atoms with Gasteiger partial charge in [0.05, 0.1) is 10.7 Å². The van der Waals surface area contributed by atoms with Gasteiger partial charge >= 0.3 is 6.18 Å². The Balaban J connectivity index is 1.69. The van der Waals surface area contributed by atoms with Crippen molar-refractivity contribution >= 4 is 28.9 Å². The Morgan fingerprint density at radius 3 is 2.46 bits per heavy atom. The molecule has 9 heteroatoms. The third-order valence-electron chi connectivity index (χ3n) is 3.78. The second kappa shape index (κ2) is 9.23. The van der Waals surface area contributed by atoms with Crippen molar-refractivity contribution in [2.24, 2.45) is 0 Å². The highest BCUT2D eigenvalue weighted by molar-refractivity contribution is 7.80. The zero-order valence-corrected chi connectivity index (χ0v) is 15.8. The molecule has 142 valence electrons. The number of halogens is 4. The average molecular weight is 405 g/mol. The number of thiocarbonyl (C=S) groups is 1. The van der Waals surface area contributed by atoms with Crippen LogP contribution in [-0.2, 0) is 19.1 Å². The Morgan fingerprint density at radius 1 is 1.19 bits per heavy atom. The molecule has 0 bridgehead atoms. The lowest BCUT2D eigenvalue weighted by Gasteiger charge is -2.11. The molecule has 0 aliphatic rings. The van der Waals surface area contributed by atoms with Crippen molar-refractivity contribution in [2.45, 2.75) is 32.5 Å². The van der Waals surface area contributed by atoms with Crippen molar-refractivity contribution in [1.82, 2.24) is 20.4 Å². The molecular weight excluding hydrogens is 385 g/mol. The quantitative estimate of drug-likeness (QED) is 0.541. The molecule has 0 spiro atoms. The van der Waals surface area contributed by atoms with Gasteiger partial charge in [-0.05, 0) is 37.5 Å². The number of hydrogen-bond donors (Lipinski definition) is 2. The van der Waals surface area contributed by atoms with Gasteiger partial charge in [0.15, 0.2) is 10.8 Å². The minimum Gasteiger partial charge on any atom is -0.363 e. The van der Waals surface area contributed by atoms with Gasteiger partial charge in [0.25, 0.3) is 0 Å². The van der Waals surface area contributed by atoms with Gasteiger partial charge in [-0.3, -0.25) is 4.68 Å². The molecule has 1 heterocycles. The van der Waals surface area contributed by atoms with E-state index < -0.39 is 11.9 Å². The molecule has 0 atom stereocenters. The minimum atomic E-state index is -4.55. The summed E-state index contributed by atoms with van der Waals surface area (Å²) in [5.41, 5.74) is 0.486. The monoisotopic (exact) mass is 404 g/mol. The maximum Gasteiger partial charge on any atom is 0.436 e. The van der Waals surface area contributed by atoms with E-state index in [2.05, 4.69) is 15.7 Å². The van der Waals surface area contributed by atoms with Gasteiger partial charge in [-0.25, -0.2) is 0 Å². The number of aryl methyl sites for hydroxylation is 1. The van der Waals surface area contributed by atoms with E-state index in [-0.39, 0.29) is 5.02 Å². The molecule has 1 aromatic carbocycles. The molecule has 1 aromatic heterocycles. The van der Waals surface area contributed by atoms with Crippen LogP contribution < -0.4 is 10.6 Å². The number of nitrogens with zero attached hydrogens (tertiary/aromatic N) is 2. The highest BCUT2D eigenvalue weighted by Gasteiger charge is 2.38. The topological polar surface area (TPSA) is 41.9 Å². The van der Waals surface area contributed by atoms with Crippen molar-refractivity contribution in [3.05, 3.63) is 52.3 Å². The summed E-state index contributed by atoms with van der Waals surface area (Å²) in [6.07, 6.45) is -3.12. The van der Waals surface area contributed by atoms with Crippen molar-refractivity contribution in [3.63, 3.8) is 0 Å². The van der Waals surface area contributed by atoms with Crippen molar-refractivity contribution < 1.29 is 13.2 Å². The first-order chi connectivity index (χ1) is 12.3. The summed E-state index contributed by atoms with van der Waals surface area (Å²) < 4.78 is 39.6. The molecule has 4 nitrogen and oxygen atoms in total. The Kier molecular flexibility index (Phi) is 7.28. The number of benzene rings is 1. The summed E-state index contributed by atoms with van der Waals surface area (Å²) in [7, 11) is 0. The SMILES string of the molecule is Cc1c(Cl)c(C(F)(F)F)nn1CCCNC(=S)NCCc1ccccc1. The van der Waals surface area contributed by atoms with Gasteiger partial charge < -0.3 is 10.6 Å². The van der Waals surface area contributed by atoms with Crippen molar-refractivity contribution in [1.29, 1.82) is 0 Å². The predicted octanol–water partition coefficient (Wildman–Crippen LogP) is 3.96. The molecule has 26 heavy (non-hydrogen) atoms. The van der Waals surface area contributed by atoms with E-state index in [9.17, 15) is 13.2 Å². The van der Waals surface area contributed by atoms with Gasteiger partial charge in [-0.15, -0.1) is 0 Å². The molecule has 0 aliphatic heterocycles. The number of aromatic nitrogens is 2. The van der Waals surface area contributed by atoms with E-state index in [0.29, 0.717) is 36.9 Å². The molecule has 0 saturated heterocycles. The maximum atomic E-state index is 12.8. The molecule has 0 saturated carbocycles. The van der Waals surface area contributed by atoms with Crippen LogP contribution in [0.5, 0.6) is 0 Å². The fraction of sp³-hybridized carbons (Fsp3) is 0.412. The van der Waals surface area contributed by atoms with Crippen molar-refractivity contribution in [2.75, 3.05) is 13.1 Å². The van der Waals surface area contributed by atoms with Gasteiger partial charge in [-0.2, -0.15) is 18.3 Å². The van der Waals surface area contributed by atoms with Crippen LogP contribution in [0.4, 0.5) is 13.2 Å². The van der Waals surface area contributed by atoms with Crippen LogP contribution in [0, 0.1) is 6.92 Å². The Morgan fingerprint density at radius 2 is 1.85 bits per heavy atom. The van der Waals surface area contributed by atoms with E-state index >= 15 is 0 Å². The minimum absolute atomic E-state index is 0.308. The molecule has 0 radical (unpaired) electrons. The first kappa shape index (κ1) is 20.5. The fourth-order valence-corrected chi connectivity index (χ4v) is 2.83. The predicted molar refractivity (Wildman–Crippen MR) is 100 cm³/mol. The molecule has 0 fully saturated rings. The maximum absolute atomic E-state index is 12.8. The lowest BCUT2D eigenvalue weighted by atomic mass is 10.1. The molecule has 2 rings (SSSR count). The largest absolute Gasteiger partial charge is 0.436 e. The lowest BCUT2D eigenvalue weighted by Crippen LogP contribution is -2.37. The van der Waals surface area contributed by atoms with Gasteiger partial charge in [0, 0.05) is 19.6 Å². The summed E-state index contributed by atoms with van der Waals surface area (Å²) in [6.45, 7) is 3.07. The van der Waals surface area contributed by atoms with E-state index in [1.54, 1.807) is 0 Å². The Hall–Kier alpha value is -1.80. The van der Waals surface area contributed by atoms with E-state index in [4.69, 9.17) is 23.8 Å². The summed E-state index contributed by atoms with van der Waals surface area (Å²) >= 11 is 10.9. The zero-order chi connectivity index (χ0) is 19.2. The van der Waals surface area contributed by atoms with Crippen LogP contribution in [-0.4, -0.2) is 28.0 Å². The zero-order valence-electron chi connectivity index (χ0n) is 14.2. The highest BCUT2D eigenvalue weighted by atomic mass is 35.5. The summed E-state index contributed by atoms with van der Waals surface area (Å²) in [6, 6.07) is 10.0. The molecule has 0 aliphatic carbocycles. The number of nitrogens with one attached hydrogen (secondary N) is 2. The third-order valence-corrected chi connectivity index (χ3v) is 4.52. The van der Waals surface area contributed by atoms with E-state index in [1.807, 2.05) is 30.3 Å². The van der Waals surface area contributed by atoms with Gasteiger partial charge in [0.2, 0.25) is 0 Å². The van der Waals surface area contributed by atoms with E-state index in [0.717, 1.165) is 6.42 Å². The van der Waals surface area contributed by atoms with Crippen LogP contribution in [0.25, 0.3) is 0 Å². The first-order valence-electron chi connectivity index (χ1n) is 8.14. The van der Waals surface area contributed by atoms with Crippen LogP contribution in [0.3, 0.4) is 0 Å². The van der Waals surface area contributed by atoms with Gasteiger partial charge in [0.1, 0.15) is 0 Å². The first-order valence-corrected chi connectivity index (χ1v) is 8.93. The second-order valence-corrected chi connectivity index (χ2v) is 6.53. The Labute approximate surface area is 160 Å². The fourth-order valence-electron chi connectivity index (χ4n) is 2.38. The van der Waals surface area contributed by atoms with Crippen molar-refractivity contribution in [3.8, 4) is 0 Å². The standard InChI is InChI=1S/C17H20ClF3N4S/c1-12-14(18)15(17(19,20)21)24-25(12)11-5-9-22-16(26)23-10-8-13-6-3-2-4-7-13/h2-4,6-7H,5,8-11H2,1H3,(H2,22,23,26). The molecule has 2 aromatic rings. The molecule has 0 amide bonds. The average Bonchev–Trinajstić information content (AvgIpc) is 2.88. The van der Waals surface area contributed by atoms with Crippen LogP contribution >= 0.6 is 23.8 Å². The highest BCUT2D eigenvalue weighted by Crippen LogP contribution is 2.35. The smallest absolute Gasteiger partial charge is 0.363 e. The van der Waals surface area contributed by atoms with Gasteiger partial charge in [-0.1, -0.05) is 41.9 Å².